The van der Waals surface area contributed by atoms with Crippen molar-refractivity contribution in [3.05, 3.63) is 0 Å². The van der Waals surface area contributed by atoms with Gasteiger partial charge in [-0.05, 0) is 0 Å². The van der Waals surface area contributed by atoms with Crippen LogP contribution in [0, 0.1) is 35.5 Å². The minimum absolute atomic E-state index is 0.108. The molecule has 11 aliphatic rings. The standard InChI is InChI=1S/C32H46F12Ge2N2O3P2.C11H14F12GeNO2P2/c1-52(2)17-27(29(33,34)35,30(36,37)38)49-45(47-52,25-11-19-5-20(12-25)7-21(6-19)13-25)51-46(26-14-22-8-23(15-26)10-24(9-22)16-26)48-53(3,4)18-28(50-46,31(39,40)41)32(42,43)44;1-28-4-6(8(12,13)14,9(15,16)17)26-24-25-29(2,3)5-7(27-24,10(18,19)20)11(21,22)23/h19-24H,5-18H2,1-4H3;28H,4-5H2,1-3H3. The van der Waals surface area contributed by atoms with Crippen molar-refractivity contribution in [1.29, 1.82) is 0 Å². The third-order valence-electron chi connectivity index (χ3n) is 17.9. The Morgan fingerprint density at radius 1 is 0.451 bits per heavy atom. The van der Waals surface area contributed by atoms with E-state index in [1.165, 1.54) is 26.7 Å². The van der Waals surface area contributed by atoms with E-state index >= 15 is 52.7 Å². The van der Waals surface area contributed by atoms with Crippen LogP contribution >= 0.6 is 29.7 Å². The first-order chi connectivity index (χ1) is 36.5. The van der Waals surface area contributed by atoms with Crippen LogP contribution in [0.25, 0.3) is 0 Å². The van der Waals surface area contributed by atoms with E-state index in [2.05, 4.69) is 11.2 Å². The topological polar surface area (TPSA) is 83.2 Å². The average molecular weight is 1500 g/mol. The zero-order valence-corrected chi connectivity index (χ0v) is 54.6. The Labute approximate surface area is 469 Å². The summed E-state index contributed by atoms with van der Waals surface area (Å²) >= 11 is -18.4. The Hall–Kier alpha value is 0.869. The number of halogens is 24. The molecule has 8 bridgehead atoms. The summed E-state index contributed by atoms with van der Waals surface area (Å²) in [6.45, 7) is 7.48. The van der Waals surface area contributed by atoms with E-state index in [0.717, 1.165) is 20.0 Å². The zero-order chi connectivity index (χ0) is 62.2. The average Bonchev–Trinajstić information content (AvgIpc) is 1.00. The minimum atomic E-state index is -6.44. The van der Waals surface area contributed by atoms with Crippen LogP contribution in [-0.4, -0.2) is 187 Å². The first-order valence-corrected chi connectivity index (χ1v) is 45.9. The van der Waals surface area contributed by atoms with Gasteiger partial charge in [-0.1, -0.05) is 0 Å². The van der Waals surface area contributed by atoms with Crippen LogP contribution < -0.4 is 0 Å². The van der Waals surface area contributed by atoms with Gasteiger partial charge < -0.3 is 0 Å². The summed E-state index contributed by atoms with van der Waals surface area (Å²) < 4.78 is 381. The summed E-state index contributed by atoms with van der Waals surface area (Å²) in [5.41, 5.74) is -19.5. The molecule has 39 heteroatoms. The van der Waals surface area contributed by atoms with Gasteiger partial charge in [-0.15, -0.1) is 0 Å². The predicted octanol–water partition coefficient (Wildman–Crippen LogP) is 17.0. The molecule has 0 N–H and O–H groups in total. The van der Waals surface area contributed by atoms with Crippen molar-refractivity contribution < 1.29 is 123 Å². The van der Waals surface area contributed by atoms with Crippen LogP contribution in [0.3, 0.4) is 0 Å². The van der Waals surface area contributed by atoms with Crippen molar-refractivity contribution in [3.8, 4) is 0 Å². The maximum absolute atomic E-state index is 15.4. The van der Waals surface area contributed by atoms with Crippen molar-refractivity contribution >= 4 is 73.3 Å². The molecule has 0 aromatic heterocycles. The fourth-order valence-electron chi connectivity index (χ4n) is 15.7. The van der Waals surface area contributed by atoms with Crippen LogP contribution in [0.5, 0.6) is 0 Å². The molecule has 0 aromatic rings. The second-order valence-corrected chi connectivity index (χ2v) is 56.7. The van der Waals surface area contributed by atoms with Gasteiger partial charge in [-0.25, -0.2) is 0 Å². The molecule has 1 radical (unpaired) electrons. The summed E-state index contributed by atoms with van der Waals surface area (Å²) in [6, 6.07) is 0. The van der Waals surface area contributed by atoms with Crippen molar-refractivity contribution in [2.24, 2.45) is 46.6 Å². The number of hydrogen-bond donors (Lipinski definition) is 0. The molecule has 11 rings (SSSR count). The Balaban J connectivity index is 0.000000259. The summed E-state index contributed by atoms with van der Waals surface area (Å²) in [5.74, 6) is -0.660. The summed E-state index contributed by atoms with van der Waals surface area (Å²) in [4.78, 5) is 0. The number of nitrogens with zero attached hydrogens (tertiary/aromatic N) is 3. The van der Waals surface area contributed by atoms with Gasteiger partial charge in [0, 0.05) is 0 Å². The summed E-state index contributed by atoms with van der Waals surface area (Å²) in [5, 5.41) is 0. The van der Waals surface area contributed by atoms with Crippen LogP contribution in [-0.2, 0) is 17.8 Å². The van der Waals surface area contributed by atoms with Gasteiger partial charge in [0.05, 0.1) is 0 Å². The first-order valence-electron chi connectivity index (χ1n) is 25.7. The normalized spacial score (nSPS) is 37.9. The molecule has 3 aliphatic heterocycles. The number of alkyl halides is 24. The monoisotopic (exact) mass is 1500 g/mol. The van der Waals surface area contributed by atoms with E-state index in [1.54, 1.807) is 0 Å². The van der Waals surface area contributed by atoms with E-state index in [1.807, 2.05) is 0 Å². The van der Waals surface area contributed by atoms with Crippen LogP contribution in [0.15, 0.2) is 11.1 Å². The molecule has 0 saturated heterocycles. The fourth-order valence-corrected chi connectivity index (χ4v) is 70.2. The molecule has 3 unspecified atom stereocenters. The molecule has 0 spiro atoms. The van der Waals surface area contributed by atoms with Crippen molar-refractivity contribution in [1.82, 2.24) is 0 Å². The van der Waals surface area contributed by atoms with E-state index in [-0.39, 0.29) is 74.0 Å². The molecule has 8 saturated carbocycles. The van der Waals surface area contributed by atoms with Gasteiger partial charge >= 0.3 is 472 Å². The van der Waals surface area contributed by atoms with Crippen LogP contribution in [0.2, 0.25) is 8.49 Å². The van der Waals surface area contributed by atoms with Crippen LogP contribution in [0.4, 0.5) is 105 Å². The zero-order valence-electron chi connectivity index (χ0n) is 44.6. The fraction of sp³-hybridized carbons (Fsp3) is 1.00. The van der Waals surface area contributed by atoms with Crippen LogP contribution in [0.1, 0.15) is 77.0 Å². The van der Waals surface area contributed by atoms with E-state index < -0.39 is 178 Å². The molecule has 477 valence electrons. The second-order valence-electron chi connectivity index (χ2n) is 25.8. The maximum atomic E-state index is 15.4. The quantitative estimate of drug-likeness (QED) is 0.137. The van der Waals surface area contributed by atoms with Gasteiger partial charge in [0.15, 0.2) is 0 Å². The van der Waals surface area contributed by atoms with E-state index in [4.69, 9.17) is 17.7 Å². The third kappa shape index (κ3) is 11.5. The van der Waals surface area contributed by atoms with Crippen molar-refractivity contribution in [2.45, 2.75) is 157 Å². The SMILES string of the molecule is CP1(C)=[N][Ge]([O][Ge]2([C]34CC5CC(CC(C5)C3)C4)[N]=P(C)(C)CC(C(F)(F)F)(C(F)(F)F)[O]2)([C]23CC4CC(CC(C4)C2)C3)[O]C(C(F)(F)F)(C(F)(F)F)C1.CPCC([O][Ge]1[N]=P(C)(C)CC(C(F)(F)F)(C(F)(F)F)[O]1)(C(F)(F)F)C(F)(F)F. The van der Waals surface area contributed by atoms with E-state index in [0.29, 0.717) is 38.5 Å². The molecule has 3 heterocycles. The van der Waals surface area contributed by atoms with Gasteiger partial charge in [-0.2, -0.15) is 0 Å². The van der Waals surface area contributed by atoms with Gasteiger partial charge in [0.25, 0.3) is 0 Å². The summed E-state index contributed by atoms with van der Waals surface area (Å²) in [7, 11) is -12.0. The summed E-state index contributed by atoms with van der Waals surface area (Å²) in [6.07, 6.45) is -50.7. The van der Waals surface area contributed by atoms with Crippen molar-refractivity contribution in [2.75, 3.05) is 71.3 Å². The molecular weight excluding hydrogens is 1440 g/mol. The Kier molecular flexibility index (Phi) is 17.4. The number of hydrogen-bond acceptors (Lipinski definition) is 8. The third-order valence-corrected chi connectivity index (χ3v) is 59.5. The predicted molar refractivity (Wildman–Crippen MR) is 261 cm³/mol. The molecule has 3 atom stereocenters. The first kappa shape index (κ1) is 68.8. The Morgan fingerprint density at radius 3 is 0.963 bits per heavy atom. The second kappa shape index (κ2) is 20.7. The Bertz CT molecular complexity index is 2380. The van der Waals surface area contributed by atoms with Gasteiger partial charge in [-0.3, -0.25) is 0 Å². The molecular formula is C43H60F24Ge3N3O5P4. The molecule has 8 aliphatic carbocycles. The van der Waals surface area contributed by atoms with Gasteiger partial charge in [0.2, 0.25) is 0 Å². The molecule has 8 nitrogen and oxygen atoms in total. The molecule has 82 heavy (non-hydrogen) atoms. The molecule has 8 fully saturated rings. The van der Waals surface area contributed by atoms with E-state index in [9.17, 15) is 52.7 Å². The molecule has 0 amide bonds. The van der Waals surface area contributed by atoms with Gasteiger partial charge in [0.1, 0.15) is 0 Å². The Morgan fingerprint density at radius 2 is 0.720 bits per heavy atom. The van der Waals surface area contributed by atoms with Crippen molar-refractivity contribution in [3.63, 3.8) is 0 Å². The number of rotatable bonds is 8. The molecule has 0 aromatic carbocycles.